The predicted octanol–water partition coefficient (Wildman–Crippen LogP) is 1.16. The van der Waals surface area contributed by atoms with Gasteiger partial charge < -0.3 is 9.84 Å². The summed E-state index contributed by atoms with van der Waals surface area (Å²) >= 11 is 3.37. The summed E-state index contributed by atoms with van der Waals surface area (Å²) in [4.78, 5) is 8.09. The maximum absolute atomic E-state index is 10.3. The number of nitrogens with zero attached hydrogens (tertiary/aromatic N) is 4. The van der Waals surface area contributed by atoms with Crippen LogP contribution in [0.2, 0.25) is 0 Å². The van der Waals surface area contributed by atoms with Crippen molar-refractivity contribution in [2.24, 2.45) is 0 Å². The number of methoxy groups -OCH3 is 1. The Bertz CT molecular complexity index is 503. The highest BCUT2D eigenvalue weighted by molar-refractivity contribution is 9.10. The molecule has 18 heavy (non-hydrogen) atoms. The first-order valence-electron chi connectivity index (χ1n) is 5.39. The van der Waals surface area contributed by atoms with E-state index >= 15 is 0 Å². The maximum atomic E-state index is 10.3. The van der Waals surface area contributed by atoms with Crippen LogP contribution in [-0.2, 0) is 11.3 Å². The van der Waals surface area contributed by atoms with Gasteiger partial charge in [-0.25, -0.2) is 9.97 Å². The number of aliphatic hydroxyl groups is 1. The summed E-state index contributed by atoms with van der Waals surface area (Å²) in [5.41, 5.74) is 0.623. The smallest absolute Gasteiger partial charge is 0.163 e. The van der Waals surface area contributed by atoms with E-state index in [0.717, 1.165) is 4.47 Å². The Hall–Kier alpha value is -1.31. The summed E-state index contributed by atoms with van der Waals surface area (Å²) in [6.45, 7) is 1.07. The summed E-state index contributed by atoms with van der Waals surface area (Å²) < 4.78 is 7.40. The minimum Gasteiger partial charge on any atom is -0.383 e. The third-order valence-electron chi connectivity index (χ3n) is 2.43. The van der Waals surface area contributed by atoms with Crippen molar-refractivity contribution in [3.05, 3.63) is 40.6 Å². The molecule has 0 spiro atoms. The molecule has 6 nitrogen and oxygen atoms in total. The molecule has 2 aromatic rings. The van der Waals surface area contributed by atoms with Crippen LogP contribution in [0, 0.1) is 0 Å². The molecule has 0 fully saturated rings. The number of rotatable bonds is 5. The van der Waals surface area contributed by atoms with E-state index in [4.69, 9.17) is 4.74 Å². The first-order valence-corrected chi connectivity index (χ1v) is 6.18. The van der Waals surface area contributed by atoms with Crippen LogP contribution in [0.1, 0.15) is 17.6 Å². The molecule has 0 aliphatic rings. The average Bonchev–Trinajstić information content (AvgIpc) is 2.77. The Kier molecular flexibility index (Phi) is 4.40. The first-order chi connectivity index (χ1) is 8.74. The van der Waals surface area contributed by atoms with Crippen LogP contribution in [0.3, 0.4) is 0 Å². The maximum Gasteiger partial charge on any atom is 0.163 e. The van der Waals surface area contributed by atoms with Crippen molar-refractivity contribution in [1.82, 2.24) is 19.7 Å². The number of halogens is 1. The van der Waals surface area contributed by atoms with Gasteiger partial charge in [-0.2, -0.15) is 5.10 Å². The molecule has 0 radical (unpaired) electrons. The van der Waals surface area contributed by atoms with Crippen LogP contribution in [0.4, 0.5) is 0 Å². The topological polar surface area (TPSA) is 73.1 Å². The van der Waals surface area contributed by atoms with E-state index in [1.807, 2.05) is 0 Å². The second kappa shape index (κ2) is 6.03. The minimum absolute atomic E-state index is 0.345. The number of aromatic nitrogens is 4. The van der Waals surface area contributed by atoms with Gasteiger partial charge in [0, 0.05) is 19.5 Å². The van der Waals surface area contributed by atoms with Crippen LogP contribution in [0.25, 0.3) is 0 Å². The second-order valence-electron chi connectivity index (χ2n) is 3.60. The first kappa shape index (κ1) is 13.1. The largest absolute Gasteiger partial charge is 0.383 e. The molecular formula is C11H13BrN4O2. The fraction of sp³-hybridized carbons (Fsp3) is 0.364. The van der Waals surface area contributed by atoms with E-state index < -0.39 is 6.10 Å². The van der Waals surface area contributed by atoms with Gasteiger partial charge in [0.2, 0.25) is 0 Å². The van der Waals surface area contributed by atoms with E-state index in [-0.39, 0.29) is 0 Å². The lowest BCUT2D eigenvalue weighted by Gasteiger charge is -2.12. The molecule has 0 saturated heterocycles. The number of hydrogen-bond donors (Lipinski definition) is 1. The number of aliphatic hydroxyl groups excluding tert-OH is 1. The van der Waals surface area contributed by atoms with Gasteiger partial charge >= 0.3 is 0 Å². The van der Waals surface area contributed by atoms with E-state index in [2.05, 4.69) is 31.0 Å². The van der Waals surface area contributed by atoms with Crippen molar-refractivity contribution in [3.8, 4) is 0 Å². The Labute approximate surface area is 113 Å². The lowest BCUT2D eigenvalue weighted by atomic mass is 10.2. The van der Waals surface area contributed by atoms with Gasteiger partial charge in [-0.1, -0.05) is 0 Å². The summed E-state index contributed by atoms with van der Waals surface area (Å²) in [6, 6.07) is 1.70. The third-order valence-corrected chi connectivity index (χ3v) is 3.04. The summed E-state index contributed by atoms with van der Waals surface area (Å²) in [7, 11) is 1.62. The standard InChI is InChI=1S/C11H13BrN4O2/c1-18-6-5-16-9(8(12)7-15-16)10(17)11-13-3-2-4-14-11/h2-4,7,10,17H,5-6H2,1H3. The average molecular weight is 313 g/mol. The quantitative estimate of drug-likeness (QED) is 0.897. The molecule has 2 rings (SSSR count). The van der Waals surface area contributed by atoms with Gasteiger partial charge in [0.25, 0.3) is 0 Å². The van der Waals surface area contributed by atoms with Crippen molar-refractivity contribution >= 4 is 15.9 Å². The van der Waals surface area contributed by atoms with Gasteiger partial charge in [0.15, 0.2) is 11.9 Å². The highest BCUT2D eigenvalue weighted by Gasteiger charge is 2.21. The van der Waals surface area contributed by atoms with E-state index in [0.29, 0.717) is 24.7 Å². The highest BCUT2D eigenvalue weighted by Crippen LogP contribution is 2.26. The minimum atomic E-state index is -0.917. The zero-order valence-corrected chi connectivity index (χ0v) is 11.4. The molecule has 96 valence electrons. The molecule has 2 aromatic heterocycles. The van der Waals surface area contributed by atoms with Crippen molar-refractivity contribution in [3.63, 3.8) is 0 Å². The fourth-order valence-corrected chi connectivity index (χ4v) is 2.09. The molecule has 0 amide bonds. The van der Waals surface area contributed by atoms with Crippen molar-refractivity contribution in [2.75, 3.05) is 13.7 Å². The lowest BCUT2D eigenvalue weighted by Crippen LogP contribution is -2.15. The Morgan fingerprint density at radius 3 is 2.83 bits per heavy atom. The fourth-order valence-electron chi connectivity index (χ4n) is 1.57. The highest BCUT2D eigenvalue weighted by atomic mass is 79.9. The molecule has 0 saturated carbocycles. The van der Waals surface area contributed by atoms with Gasteiger partial charge in [-0.3, -0.25) is 4.68 Å². The monoisotopic (exact) mass is 312 g/mol. The van der Waals surface area contributed by atoms with Crippen LogP contribution in [-0.4, -0.2) is 38.6 Å². The molecule has 1 N–H and O–H groups in total. The van der Waals surface area contributed by atoms with Gasteiger partial charge in [-0.05, 0) is 22.0 Å². The molecule has 0 aromatic carbocycles. The van der Waals surface area contributed by atoms with Gasteiger partial charge in [0.05, 0.1) is 29.5 Å². The van der Waals surface area contributed by atoms with Gasteiger partial charge in [-0.15, -0.1) is 0 Å². The molecule has 1 unspecified atom stereocenters. The molecule has 0 aliphatic carbocycles. The van der Waals surface area contributed by atoms with Crippen molar-refractivity contribution < 1.29 is 9.84 Å². The zero-order chi connectivity index (χ0) is 13.0. The number of ether oxygens (including phenoxy) is 1. The van der Waals surface area contributed by atoms with Crippen molar-refractivity contribution in [2.45, 2.75) is 12.6 Å². The van der Waals surface area contributed by atoms with Crippen LogP contribution in [0.15, 0.2) is 29.1 Å². The SMILES string of the molecule is COCCn1ncc(Br)c1C(O)c1ncccn1. The molecule has 2 heterocycles. The lowest BCUT2D eigenvalue weighted by molar-refractivity contribution is 0.168. The van der Waals surface area contributed by atoms with Gasteiger partial charge in [0.1, 0.15) is 0 Å². The molecular weight excluding hydrogens is 300 g/mol. The Morgan fingerprint density at radius 2 is 2.17 bits per heavy atom. The molecule has 0 aliphatic heterocycles. The Balaban J connectivity index is 2.29. The van der Waals surface area contributed by atoms with Crippen LogP contribution < -0.4 is 0 Å². The van der Waals surface area contributed by atoms with Crippen LogP contribution in [0.5, 0.6) is 0 Å². The van der Waals surface area contributed by atoms with E-state index in [9.17, 15) is 5.11 Å². The second-order valence-corrected chi connectivity index (χ2v) is 4.46. The van der Waals surface area contributed by atoms with Crippen molar-refractivity contribution in [1.29, 1.82) is 0 Å². The summed E-state index contributed by atoms with van der Waals surface area (Å²) in [5.74, 6) is 0.345. The number of hydrogen-bond acceptors (Lipinski definition) is 5. The summed E-state index contributed by atoms with van der Waals surface area (Å²) in [5, 5.41) is 14.5. The van der Waals surface area contributed by atoms with Crippen LogP contribution >= 0.6 is 15.9 Å². The molecule has 7 heteroatoms. The zero-order valence-electron chi connectivity index (χ0n) is 9.82. The summed E-state index contributed by atoms with van der Waals surface area (Å²) in [6.07, 6.45) is 3.90. The molecule has 0 bridgehead atoms. The predicted molar refractivity (Wildman–Crippen MR) is 67.9 cm³/mol. The normalized spacial score (nSPS) is 12.6. The molecule has 1 atom stereocenters. The van der Waals surface area contributed by atoms with E-state index in [1.165, 1.54) is 0 Å². The van der Waals surface area contributed by atoms with E-state index in [1.54, 1.807) is 36.4 Å². The third kappa shape index (κ3) is 2.74. The Morgan fingerprint density at radius 1 is 1.44 bits per heavy atom.